The number of carboxylic acid groups (broad SMARTS) is 1. The summed E-state index contributed by atoms with van der Waals surface area (Å²) in [7, 11) is 0. The average molecular weight is 206 g/mol. The number of rotatable bonds is 2. The van der Waals surface area contributed by atoms with Crippen LogP contribution in [0, 0.1) is 6.92 Å². The lowest BCUT2D eigenvalue weighted by Crippen LogP contribution is -2.20. The fourth-order valence-corrected chi connectivity index (χ4v) is 1.36. The zero-order valence-corrected chi connectivity index (χ0v) is 8.08. The molecular weight excluding hydrogens is 196 g/mol. The Morgan fingerprint density at radius 2 is 2.33 bits per heavy atom. The van der Waals surface area contributed by atoms with Crippen molar-refractivity contribution < 1.29 is 9.90 Å². The van der Waals surface area contributed by atoms with Gasteiger partial charge < -0.3 is 10.8 Å². The van der Waals surface area contributed by atoms with Gasteiger partial charge in [0.05, 0.1) is 0 Å². The van der Waals surface area contributed by atoms with Gasteiger partial charge in [0.2, 0.25) is 0 Å². The second-order valence-corrected chi connectivity index (χ2v) is 3.25. The van der Waals surface area contributed by atoms with Crippen LogP contribution in [0.5, 0.6) is 0 Å². The Hall–Kier alpha value is -1.95. The first-order chi connectivity index (χ1) is 7.09. The van der Waals surface area contributed by atoms with Gasteiger partial charge in [0.15, 0.2) is 5.65 Å². The Morgan fingerprint density at radius 1 is 1.60 bits per heavy atom. The molecule has 6 nitrogen and oxygen atoms in total. The van der Waals surface area contributed by atoms with Crippen molar-refractivity contribution in [2.75, 3.05) is 0 Å². The minimum Gasteiger partial charge on any atom is -0.480 e. The van der Waals surface area contributed by atoms with Crippen molar-refractivity contribution in [1.29, 1.82) is 0 Å². The molecule has 15 heavy (non-hydrogen) atoms. The smallest absolute Gasteiger partial charge is 0.325 e. The Labute approximate surface area is 85.3 Å². The number of hydrogen-bond acceptors (Lipinski definition) is 4. The van der Waals surface area contributed by atoms with Gasteiger partial charge in [-0.05, 0) is 24.6 Å². The minimum absolute atomic E-state index is 0.516. The summed E-state index contributed by atoms with van der Waals surface area (Å²) in [5.41, 5.74) is 6.59. The van der Waals surface area contributed by atoms with Gasteiger partial charge in [-0.1, -0.05) is 0 Å². The predicted octanol–water partition coefficient (Wildman–Crippen LogP) is 0.122. The maximum Gasteiger partial charge on any atom is 0.325 e. The van der Waals surface area contributed by atoms with Gasteiger partial charge in [0, 0.05) is 6.20 Å². The van der Waals surface area contributed by atoms with Crippen molar-refractivity contribution in [2.45, 2.75) is 13.0 Å². The second-order valence-electron chi connectivity index (χ2n) is 3.25. The standard InChI is InChI=1S/C9H10N4O2/c1-5-11-12-7-4-6(2-3-13(5)7)8(10)9(14)15/h2-4,8H,10H2,1H3,(H,14,15). The van der Waals surface area contributed by atoms with Gasteiger partial charge in [-0.15, -0.1) is 10.2 Å². The summed E-state index contributed by atoms with van der Waals surface area (Å²) in [5, 5.41) is 16.5. The molecule has 0 spiro atoms. The lowest BCUT2D eigenvalue weighted by atomic mass is 10.1. The Morgan fingerprint density at radius 3 is 3.00 bits per heavy atom. The highest BCUT2D eigenvalue weighted by atomic mass is 16.4. The van der Waals surface area contributed by atoms with Crippen LogP contribution in [-0.4, -0.2) is 25.7 Å². The highest BCUT2D eigenvalue weighted by Crippen LogP contribution is 2.13. The molecule has 1 unspecified atom stereocenters. The number of nitrogens with two attached hydrogens (primary N) is 1. The van der Waals surface area contributed by atoms with Crippen molar-refractivity contribution in [1.82, 2.24) is 14.6 Å². The highest BCUT2D eigenvalue weighted by Gasteiger charge is 2.15. The normalized spacial score (nSPS) is 12.9. The third kappa shape index (κ3) is 1.55. The number of aryl methyl sites for hydroxylation is 1. The van der Waals surface area contributed by atoms with E-state index in [4.69, 9.17) is 10.8 Å². The molecule has 0 fully saturated rings. The number of nitrogens with zero attached hydrogens (tertiary/aromatic N) is 3. The zero-order chi connectivity index (χ0) is 11.0. The molecule has 0 bridgehead atoms. The summed E-state index contributed by atoms with van der Waals surface area (Å²) in [4.78, 5) is 10.7. The van der Waals surface area contributed by atoms with Crippen molar-refractivity contribution >= 4 is 11.6 Å². The molecule has 0 aliphatic carbocycles. The maximum atomic E-state index is 10.7. The lowest BCUT2D eigenvalue weighted by molar-refractivity contribution is -0.138. The number of carboxylic acids is 1. The minimum atomic E-state index is -1.06. The van der Waals surface area contributed by atoms with E-state index < -0.39 is 12.0 Å². The van der Waals surface area contributed by atoms with E-state index in [1.54, 1.807) is 22.7 Å². The fourth-order valence-electron chi connectivity index (χ4n) is 1.36. The first-order valence-electron chi connectivity index (χ1n) is 4.39. The molecular formula is C9H10N4O2. The predicted molar refractivity (Wildman–Crippen MR) is 52.3 cm³/mol. The molecule has 2 aromatic rings. The Kier molecular flexibility index (Phi) is 2.12. The number of fused-ring (bicyclic) bond motifs is 1. The third-order valence-corrected chi connectivity index (χ3v) is 2.23. The van der Waals surface area contributed by atoms with Crippen molar-refractivity contribution in [3.8, 4) is 0 Å². The summed E-state index contributed by atoms with van der Waals surface area (Å²) < 4.78 is 1.76. The number of carbonyl (C=O) groups is 1. The van der Waals surface area contributed by atoms with E-state index in [9.17, 15) is 4.79 Å². The van der Waals surface area contributed by atoms with Gasteiger partial charge in [-0.3, -0.25) is 9.20 Å². The molecule has 0 amide bonds. The van der Waals surface area contributed by atoms with Gasteiger partial charge in [0.1, 0.15) is 11.9 Å². The van der Waals surface area contributed by atoms with E-state index in [-0.39, 0.29) is 0 Å². The molecule has 0 aliphatic heterocycles. The number of aliphatic carboxylic acids is 1. The van der Waals surface area contributed by atoms with E-state index in [0.29, 0.717) is 11.2 Å². The quantitative estimate of drug-likeness (QED) is 0.728. The molecule has 6 heteroatoms. The van der Waals surface area contributed by atoms with Crippen LogP contribution in [0.2, 0.25) is 0 Å². The molecule has 0 aromatic carbocycles. The summed E-state index contributed by atoms with van der Waals surface area (Å²) in [5.74, 6) is -0.309. The topological polar surface area (TPSA) is 93.5 Å². The molecule has 0 aliphatic rings. The van der Waals surface area contributed by atoms with Crippen LogP contribution < -0.4 is 5.73 Å². The maximum absolute atomic E-state index is 10.7. The lowest BCUT2D eigenvalue weighted by Gasteiger charge is -2.06. The molecule has 0 radical (unpaired) electrons. The van der Waals surface area contributed by atoms with Crippen LogP contribution in [0.15, 0.2) is 18.3 Å². The first kappa shape index (κ1) is 9.60. The van der Waals surface area contributed by atoms with Crippen molar-refractivity contribution in [2.24, 2.45) is 5.73 Å². The van der Waals surface area contributed by atoms with Crippen molar-refractivity contribution in [3.05, 3.63) is 29.7 Å². The molecule has 2 aromatic heterocycles. The summed E-state index contributed by atoms with van der Waals surface area (Å²) in [6.45, 7) is 1.82. The van der Waals surface area contributed by atoms with E-state index in [1.165, 1.54) is 0 Å². The first-order valence-corrected chi connectivity index (χ1v) is 4.39. The van der Waals surface area contributed by atoms with Crippen LogP contribution >= 0.6 is 0 Å². The van der Waals surface area contributed by atoms with Crippen LogP contribution in [-0.2, 0) is 4.79 Å². The fraction of sp³-hybridized carbons (Fsp3) is 0.222. The number of hydrogen-bond donors (Lipinski definition) is 2. The molecule has 0 saturated heterocycles. The third-order valence-electron chi connectivity index (χ3n) is 2.23. The second kappa shape index (κ2) is 3.32. The van der Waals surface area contributed by atoms with E-state index in [2.05, 4.69) is 10.2 Å². The SMILES string of the molecule is Cc1nnc2cc(C(N)C(=O)O)ccn12. The van der Waals surface area contributed by atoms with Crippen LogP contribution in [0.25, 0.3) is 5.65 Å². The Balaban J connectivity index is 2.52. The highest BCUT2D eigenvalue weighted by molar-refractivity contribution is 5.75. The largest absolute Gasteiger partial charge is 0.480 e. The Bertz CT molecular complexity index is 520. The van der Waals surface area contributed by atoms with E-state index >= 15 is 0 Å². The van der Waals surface area contributed by atoms with E-state index in [0.717, 1.165) is 5.82 Å². The zero-order valence-electron chi connectivity index (χ0n) is 8.08. The van der Waals surface area contributed by atoms with Gasteiger partial charge in [-0.2, -0.15) is 0 Å². The average Bonchev–Trinajstić information content (AvgIpc) is 2.59. The van der Waals surface area contributed by atoms with Gasteiger partial charge in [-0.25, -0.2) is 0 Å². The monoisotopic (exact) mass is 206 g/mol. The summed E-state index contributed by atoms with van der Waals surface area (Å²) in [6.07, 6.45) is 1.71. The number of pyridine rings is 1. The van der Waals surface area contributed by atoms with Gasteiger partial charge >= 0.3 is 5.97 Å². The summed E-state index contributed by atoms with van der Waals surface area (Å²) in [6, 6.07) is 2.26. The molecule has 0 saturated carbocycles. The molecule has 2 rings (SSSR count). The van der Waals surface area contributed by atoms with Crippen LogP contribution in [0.1, 0.15) is 17.4 Å². The molecule has 1 atom stereocenters. The number of aromatic nitrogens is 3. The molecule has 2 heterocycles. The van der Waals surface area contributed by atoms with Crippen LogP contribution in [0.3, 0.4) is 0 Å². The van der Waals surface area contributed by atoms with Gasteiger partial charge in [0.25, 0.3) is 0 Å². The summed E-state index contributed by atoms with van der Waals surface area (Å²) >= 11 is 0. The molecule has 78 valence electrons. The van der Waals surface area contributed by atoms with Crippen LogP contribution in [0.4, 0.5) is 0 Å². The van der Waals surface area contributed by atoms with Crippen molar-refractivity contribution in [3.63, 3.8) is 0 Å². The van der Waals surface area contributed by atoms with E-state index in [1.807, 2.05) is 6.92 Å². The molecule has 3 N–H and O–H groups in total.